The molecule has 5 N–H and O–H groups in total. The van der Waals surface area contributed by atoms with Crippen LogP contribution < -0.4 is 16.1 Å². The van der Waals surface area contributed by atoms with Crippen LogP contribution in [-0.2, 0) is 4.74 Å². The van der Waals surface area contributed by atoms with Crippen molar-refractivity contribution in [1.82, 2.24) is 14.5 Å². The van der Waals surface area contributed by atoms with Crippen LogP contribution >= 0.6 is 0 Å². The van der Waals surface area contributed by atoms with Gasteiger partial charge >= 0.3 is 0 Å². The zero-order valence-corrected chi connectivity index (χ0v) is 18.0. The summed E-state index contributed by atoms with van der Waals surface area (Å²) >= 11 is 0. The summed E-state index contributed by atoms with van der Waals surface area (Å²) in [5.41, 5.74) is 9.82. The largest absolute Gasteiger partial charge is 0.398 e. The number of benzene rings is 1. The molecule has 1 aromatic carbocycles. The molecule has 0 aliphatic carbocycles. The Morgan fingerprint density at radius 2 is 1.81 bits per heavy atom. The summed E-state index contributed by atoms with van der Waals surface area (Å²) in [7, 11) is 0. The number of nitrogens with two attached hydrogens (primary N) is 1. The maximum atomic E-state index is 8.79. The van der Waals surface area contributed by atoms with Crippen LogP contribution in [0.4, 0.5) is 11.5 Å². The quantitative estimate of drug-likeness (QED) is 0.280. The average molecular weight is 431 g/mol. The van der Waals surface area contributed by atoms with Crippen molar-refractivity contribution in [2.75, 3.05) is 23.7 Å². The van der Waals surface area contributed by atoms with E-state index in [9.17, 15) is 0 Å². The van der Waals surface area contributed by atoms with E-state index in [4.69, 9.17) is 26.7 Å². The van der Waals surface area contributed by atoms with Crippen molar-refractivity contribution >= 4 is 23.6 Å². The van der Waals surface area contributed by atoms with Gasteiger partial charge in [0.05, 0.1) is 30.0 Å². The zero-order chi connectivity index (χ0) is 22.8. The smallest absolute Gasteiger partial charge is 0.132 e. The molecular formula is C23H26N8O. The van der Waals surface area contributed by atoms with Gasteiger partial charge in [0, 0.05) is 36.6 Å². The topological polar surface area (TPSA) is 141 Å². The molecule has 9 nitrogen and oxygen atoms in total. The molecule has 0 saturated carbocycles. The third kappa shape index (κ3) is 4.28. The second kappa shape index (κ2) is 8.72. The van der Waals surface area contributed by atoms with E-state index in [1.54, 1.807) is 18.3 Å². The predicted molar refractivity (Wildman–Crippen MR) is 125 cm³/mol. The highest BCUT2D eigenvalue weighted by molar-refractivity contribution is 6.13. The number of aromatic nitrogens is 3. The maximum absolute atomic E-state index is 8.79. The van der Waals surface area contributed by atoms with Crippen LogP contribution in [0.5, 0.6) is 0 Å². The molecule has 1 aliphatic heterocycles. The van der Waals surface area contributed by atoms with Gasteiger partial charge in [0.25, 0.3) is 0 Å². The van der Waals surface area contributed by atoms with Gasteiger partial charge in [-0.25, -0.2) is 9.97 Å². The monoisotopic (exact) mass is 430 g/mol. The number of nitrogens with one attached hydrogen (secondary N) is 3. The normalized spacial score (nSPS) is 18.4. The van der Waals surface area contributed by atoms with Gasteiger partial charge in [0.1, 0.15) is 17.6 Å². The first-order valence-electron chi connectivity index (χ1n) is 10.3. The molecule has 9 heteroatoms. The molecule has 1 aliphatic rings. The molecule has 1 fully saturated rings. The Hall–Kier alpha value is -3.85. The molecule has 32 heavy (non-hydrogen) atoms. The fourth-order valence-corrected chi connectivity index (χ4v) is 3.91. The van der Waals surface area contributed by atoms with Gasteiger partial charge in [0.15, 0.2) is 0 Å². The third-order valence-corrected chi connectivity index (χ3v) is 5.42. The van der Waals surface area contributed by atoms with Crippen LogP contribution in [0.15, 0.2) is 48.9 Å². The van der Waals surface area contributed by atoms with E-state index >= 15 is 0 Å². The van der Waals surface area contributed by atoms with E-state index in [-0.39, 0.29) is 23.4 Å². The Kier molecular flexibility index (Phi) is 5.83. The highest BCUT2D eigenvalue weighted by Gasteiger charge is 2.24. The van der Waals surface area contributed by atoms with Crippen LogP contribution in [0, 0.1) is 16.2 Å². The fourth-order valence-electron chi connectivity index (χ4n) is 3.91. The summed E-state index contributed by atoms with van der Waals surface area (Å²) in [5.74, 6) is 0.759. The second-order valence-corrected chi connectivity index (χ2v) is 7.94. The Morgan fingerprint density at radius 1 is 1.09 bits per heavy atom. The average Bonchev–Trinajstić information content (AvgIpc) is 2.79. The third-order valence-electron chi connectivity index (χ3n) is 5.42. The van der Waals surface area contributed by atoms with Crippen molar-refractivity contribution < 1.29 is 4.74 Å². The van der Waals surface area contributed by atoms with Crippen molar-refractivity contribution in [3.8, 4) is 11.1 Å². The van der Waals surface area contributed by atoms with Crippen molar-refractivity contribution in [3.63, 3.8) is 0 Å². The Bertz CT molecular complexity index is 1220. The van der Waals surface area contributed by atoms with Crippen LogP contribution in [-0.4, -0.2) is 51.9 Å². The van der Waals surface area contributed by atoms with E-state index in [0.717, 1.165) is 36.4 Å². The number of hydrogen-bond acceptors (Lipinski definition) is 8. The molecule has 0 radical (unpaired) electrons. The van der Waals surface area contributed by atoms with Gasteiger partial charge < -0.3 is 15.4 Å². The number of pyridine rings is 1. The summed E-state index contributed by atoms with van der Waals surface area (Å²) in [5, 5.41) is 24.1. The van der Waals surface area contributed by atoms with Crippen molar-refractivity contribution in [1.29, 1.82) is 16.2 Å². The molecule has 4 rings (SSSR count). The van der Waals surface area contributed by atoms with Crippen LogP contribution in [0.2, 0.25) is 0 Å². The van der Waals surface area contributed by atoms with Crippen LogP contribution in [0.3, 0.4) is 0 Å². The second-order valence-electron chi connectivity index (χ2n) is 7.94. The lowest BCUT2D eigenvalue weighted by Gasteiger charge is -2.36. The van der Waals surface area contributed by atoms with Gasteiger partial charge in [-0.1, -0.05) is 6.07 Å². The molecule has 0 bridgehead atoms. The Morgan fingerprint density at radius 3 is 2.53 bits per heavy atom. The molecule has 3 aromatic rings. The SMILES string of the molecule is CC1CN(c2cc(C(=N)c3cc(-c4ccc(=N)n(C=N)c4)ccc3N)ncn2)CC(C)O1. The summed E-state index contributed by atoms with van der Waals surface area (Å²) in [4.78, 5) is 10.9. The van der Waals surface area contributed by atoms with Crippen molar-refractivity contribution in [2.45, 2.75) is 26.1 Å². The van der Waals surface area contributed by atoms with Crippen molar-refractivity contribution in [2.24, 2.45) is 0 Å². The summed E-state index contributed by atoms with van der Waals surface area (Å²) in [6.07, 6.45) is 4.47. The van der Waals surface area contributed by atoms with Gasteiger partial charge in [-0.2, -0.15) is 0 Å². The predicted octanol–water partition coefficient (Wildman–Crippen LogP) is 2.49. The van der Waals surface area contributed by atoms with Crippen molar-refractivity contribution in [3.05, 3.63) is 65.7 Å². The maximum Gasteiger partial charge on any atom is 0.132 e. The molecule has 2 aromatic heterocycles. The number of ether oxygens (including phenoxy) is 1. The minimum absolute atomic E-state index is 0.0998. The first-order chi connectivity index (χ1) is 15.4. The molecule has 2 atom stereocenters. The van der Waals surface area contributed by atoms with E-state index in [1.807, 2.05) is 38.1 Å². The molecule has 3 heterocycles. The molecule has 2 unspecified atom stereocenters. The van der Waals surface area contributed by atoms with Crippen LogP contribution in [0.1, 0.15) is 25.1 Å². The summed E-state index contributed by atoms with van der Waals surface area (Å²) < 4.78 is 7.22. The lowest BCUT2D eigenvalue weighted by molar-refractivity contribution is -0.00546. The number of morpholine rings is 1. The van der Waals surface area contributed by atoms with Gasteiger partial charge in [0.2, 0.25) is 0 Å². The number of nitrogen functional groups attached to an aromatic ring is 1. The van der Waals surface area contributed by atoms with Gasteiger partial charge in [-0.3, -0.25) is 20.8 Å². The number of rotatable bonds is 5. The Labute approximate surface area is 186 Å². The minimum Gasteiger partial charge on any atom is -0.398 e. The van der Waals surface area contributed by atoms with E-state index in [0.29, 0.717) is 16.9 Å². The van der Waals surface area contributed by atoms with Crippen LogP contribution in [0.25, 0.3) is 11.1 Å². The van der Waals surface area contributed by atoms with Gasteiger partial charge in [-0.15, -0.1) is 0 Å². The number of anilines is 2. The number of nitrogens with zero attached hydrogens (tertiary/aromatic N) is 4. The minimum atomic E-state index is 0.0998. The Balaban J connectivity index is 1.67. The first-order valence-corrected chi connectivity index (χ1v) is 10.3. The molecule has 1 saturated heterocycles. The van der Waals surface area contributed by atoms with Gasteiger partial charge in [-0.05, 0) is 49.2 Å². The van der Waals surface area contributed by atoms with E-state index in [2.05, 4.69) is 14.9 Å². The first kappa shape index (κ1) is 21.4. The fraction of sp³-hybridized carbons (Fsp3) is 0.261. The summed E-state index contributed by atoms with van der Waals surface area (Å²) in [6.45, 7) is 5.53. The molecule has 0 amide bonds. The standard InChI is InChI=1S/C23H26N8O/c1-14-9-30(10-15(2)32-14)22-8-20(28-13-29-22)23(27)18-7-16(3-5-19(18)25)17-4-6-21(26)31(11-17)12-24/h3-8,11-15,24,26-27H,9-10,25H2,1-2H3. The highest BCUT2D eigenvalue weighted by Crippen LogP contribution is 2.26. The molecule has 164 valence electrons. The summed E-state index contributed by atoms with van der Waals surface area (Å²) in [6, 6.07) is 10.7. The zero-order valence-electron chi connectivity index (χ0n) is 18.0. The number of hydrogen-bond donors (Lipinski definition) is 4. The highest BCUT2D eigenvalue weighted by atomic mass is 16.5. The van der Waals surface area contributed by atoms with E-state index in [1.165, 1.54) is 10.9 Å². The molecule has 0 spiro atoms. The molecular weight excluding hydrogens is 404 g/mol. The van der Waals surface area contributed by atoms with E-state index < -0.39 is 0 Å². The lowest BCUT2D eigenvalue weighted by Crippen LogP contribution is -2.45. The lowest BCUT2D eigenvalue weighted by atomic mass is 9.99.